The summed E-state index contributed by atoms with van der Waals surface area (Å²) >= 11 is 0. The van der Waals surface area contributed by atoms with Gasteiger partial charge in [-0.25, -0.2) is 0 Å². The first-order chi connectivity index (χ1) is 7.11. The topological polar surface area (TPSA) is 24.5 Å². The molecule has 2 saturated heterocycles. The molecule has 0 bridgehead atoms. The second-order valence-electron chi connectivity index (χ2n) is 5.49. The van der Waals surface area contributed by atoms with Crippen molar-refractivity contribution in [2.45, 2.75) is 57.8 Å². The highest BCUT2D eigenvalue weighted by Gasteiger charge is 2.34. The molecule has 96 valence electrons. The summed E-state index contributed by atoms with van der Waals surface area (Å²) < 4.78 is 5.79. The molecule has 2 atom stereocenters. The molecule has 4 heteroatoms. The molecule has 0 saturated carbocycles. The van der Waals surface area contributed by atoms with Gasteiger partial charge in [0.2, 0.25) is 0 Å². The Labute approximate surface area is 105 Å². The third-order valence-corrected chi connectivity index (χ3v) is 3.59. The Morgan fingerprint density at radius 1 is 1.44 bits per heavy atom. The first-order valence-electron chi connectivity index (χ1n) is 6.24. The third kappa shape index (κ3) is 3.33. The zero-order valence-electron chi connectivity index (χ0n) is 10.7. The van der Waals surface area contributed by atoms with E-state index in [1.54, 1.807) is 0 Å². The third-order valence-electron chi connectivity index (χ3n) is 3.59. The normalized spacial score (nSPS) is 33.9. The van der Waals surface area contributed by atoms with Gasteiger partial charge in [-0.05, 0) is 39.8 Å². The van der Waals surface area contributed by atoms with Gasteiger partial charge in [0.05, 0.1) is 6.61 Å². The standard InChI is InChI=1S/C12H24N2O.ClH/c1-4-14-7-5-6-10(14)8-11-13-12(2,3)9-15-11;/h10-11,13H,4-9H2,1-3H3;1H. The Morgan fingerprint density at radius 3 is 2.75 bits per heavy atom. The van der Waals surface area contributed by atoms with Crippen LogP contribution >= 0.6 is 12.4 Å². The van der Waals surface area contributed by atoms with Crippen LogP contribution in [0.15, 0.2) is 0 Å². The Kier molecular flexibility index (Phi) is 5.05. The van der Waals surface area contributed by atoms with Gasteiger partial charge in [-0.3, -0.25) is 5.32 Å². The number of nitrogens with one attached hydrogen (secondary N) is 1. The van der Waals surface area contributed by atoms with Crippen molar-refractivity contribution in [3.8, 4) is 0 Å². The maximum Gasteiger partial charge on any atom is 0.110 e. The minimum Gasteiger partial charge on any atom is -0.361 e. The van der Waals surface area contributed by atoms with Crippen molar-refractivity contribution in [1.29, 1.82) is 0 Å². The fraction of sp³-hybridized carbons (Fsp3) is 1.00. The maximum atomic E-state index is 5.79. The average molecular weight is 249 g/mol. The Bertz CT molecular complexity index is 223. The summed E-state index contributed by atoms with van der Waals surface area (Å²) in [6.45, 7) is 9.97. The molecule has 3 nitrogen and oxygen atoms in total. The van der Waals surface area contributed by atoms with Crippen molar-refractivity contribution >= 4 is 12.4 Å². The van der Waals surface area contributed by atoms with Crippen LogP contribution in [0.4, 0.5) is 0 Å². The van der Waals surface area contributed by atoms with E-state index in [4.69, 9.17) is 4.74 Å². The van der Waals surface area contributed by atoms with E-state index in [0.29, 0.717) is 0 Å². The van der Waals surface area contributed by atoms with E-state index in [9.17, 15) is 0 Å². The number of hydrogen-bond acceptors (Lipinski definition) is 3. The monoisotopic (exact) mass is 248 g/mol. The van der Waals surface area contributed by atoms with Crippen LogP contribution < -0.4 is 5.32 Å². The van der Waals surface area contributed by atoms with Gasteiger partial charge >= 0.3 is 0 Å². The van der Waals surface area contributed by atoms with Gasteiger partial charge in [0.15, 0.2) is 0 Å². The zero-order chi connectivity index (χ0) is 10.9. The van der Waals surface area contributed by atoms with Gasteiger partial charge in [-0.1, -0.05) is 6.92 Å². The fourth-order valence-electron chi connectivity index (χ4n) is 2.78. The van der Waals surface area contributed by atoms with Gasteiger partial charge < -0.3 is 9.64 Å². The van der Waals surface area contributed by atoms with Gasteiger partial charge in [-0.15, -0.1) is 12.4 Å². The number of ether oxygens (including phenoxy) is 1. The van der Waals surface area contributed by atoms with E-state index in [1.165, 1.54) is 25.9 Å². The molecule has 2 aliphatic heterocycles. The van der Waals surface area contributed by atoms with Crippen LogP contribution in [-0.4, -0.2) is 42.4 Å². The molecule has 2 unspecified atom stereocenters. The first-order valence-corrected chi connectivity index (χ1v) is 6.24. The van der Waals surface area contributed by atoms with Crippen molar-refractivity contribution in [2.75, 3.05) is 19.7 Å². The molecule has 1 N–H and O–H groups in total. The van der Waals surface area contributed by atoms with E-state index in [2.05, 4.69) is 31.0 Å². The molecule has 0 spiro atoms. The maximum absolute atomic E-state index is 5.79. The molecule has 2 fully saturated rings. The van der Waals surface area contributed by atoms with Crippen molar-refractivity contribution in [3.63, 3.8) is 0 Å². The highest BCUT2D eigenvalue weighted by Crippen LogP contribution is 2.24. The summed E-state index contributed by atoms with van der Waals surface area (Å²) in [4.78, 5) is 2.58. The molecular weight excluding hydrogens is 224 g/mol. The highest BCUT2D eigenvalue weighted by molar-refractivity contribution is 5.85. The largest absolute Gasteiger partial charge is 0.361 e. The molecule has 2 rings (SSSR count). The quantitative estimate of drug-likeness (QED) is 0.827. The van der Waals surface area contributed by atoms with E-state index < -0.39 is 0 Å². The Morgan fingerprint density at radius 2 is 2.19 bits per heavy atom. The fourth-order valence-corrected chi connectivity index (χ4v) is 2.78. The van der Waals surface area contributed by atoms with Gasteiger partial charge in [0, 0.05) is 18.0 Å². The molecule has 0 aromatic rings. The predicted octanol–water partition coefficient (Wildman–Crippen LogP) is 2.01. The average Bonchev–Trinajstić information content (AvgIpc) is 2.73. The summed E-state index contributed by atoms with van der Waals surface area (Å²) in [5, 5.41) is 3.55. The van der Waals surface area contributed by atoms with Crippen LogP contribution in [0.25, 0.3) is 0 Å². The second kappa shape index (κ2) is 5.67. The number of hydrogen-bond donors (Lipinski definition) is 1. The summed E-state index contributed by atoms with van der Waals surface area (Å²) in [7, 11) is 0. The van der Waals surface area contributed by atoms with Gasteiger partial charge in [0.1, 0.15) is 6.23 Å². The van der Waals surface area contributed by atoms with Crippen molar-refractivity contribution in [2.24, 2.45) is 0 Å². The number of nitrogens with zero attached hydrogens (tertiary/aromatic N) is 1. The Hall–Kier alpha value is 0.170. The molecule has 0 aromatic carbocycles. The molecular formula is C12H25ClN2O. The van der Waals surface area contributed by atoms with Crippen LogP contribution in [0, 0.1) is 0 Å². The van der Waals surface area contributed by atoms with Crippen LogP contribution in [0.3, 0.4) is 0 Å². The van der Waals surface area contributed by atoms with E-state index in [-0.39, 0.29) is 24.2 Å². The van der Waals surface area contributed by atoms with Gasteiger partial charge in [0.25, 0.3) is 0 Å². The Balaban J connectivity index is 0.00000128. The summed E-state index contributed by atoms with van der Waals surface area (Å²) in [6.07, 6.45) is 4.12. The van der Waals surface area contributed by atoms with Crippen molar-refractivity contribution < 1.29 is 4.74 Å². The SMILES string of the molecule is CCN1CCCC1CC1NC(C)(C)CO1.Cl. The van der Waals surface area contributed by atoms with Crippen LogP contribution in [-0.2, 0) is 4.74 Å². The molecule has 2 aliphatic rings. The van der Waals surface area contributed by atoms with Gasteiger partial charge in [-0.2, -0.15) is 0 Å². The van der Waals surface area contributed by atoms with Crippen LogP contribution in [0.5, 0.6) is 0 Å². The minimum atomic E-state index is 0. The molecule has 2 heterocycles. The predicted molar refractivity (Wildman–Crippen MR) is 69.1 cm³/mol. The lowest BCUT2D eigenvalue weighted by molar-refractivity contribution is 0.0691. The van der Waals surface area contributed by atoms with Crippen molar-refractivity contribution in [1.82, 2.24) is 10.2 Å². The lowest BCUT2D eigenvalue weighted by Crippen LogP contribution is -2.42. The smallest absolute Gasteiger partial charge is 0.110 e. The summed E-state index contributed by atoms with van der Waals surface area (Å²) in [5.74, 6) is 0. The zero-order valence-corrected chi connectivity index (χ0v) is 11.5. The minimum absolute atomic E-state index is 0. The highest BCUT2D eigenvalue weighted by atomic mass is 35.5. The van der Waals surface area contributed by atoms with Crippen molar-refractivity contribution in [3.05, 3.63) is 0 Å². The number of halogens is 1. The molecule has 0 aromatic heterocycles. The molecule has 0 aliphatic carbocycles. The lowest BCUT2D eigenvalue weighted by atomic mass is 10.1. The molecule has 16 heavy (non-hydrogen) atoms. The lowest BCUT2D eigenvalue weighted by Gasteiger charge is -2.25. The van der Waals surface area contributed by atoms with Crippen LogP contribution in [0.1, 0.15) is 40.0 Å². The van der Waals surface area contributed by atoms with E-state index in [1.807, 2.05) is 0 Å². The summed E-state index contributed by atoms with van der Waals surface area (Å²) in [5.41, 5.74) is 0.167. The summed E-state index contributed by atoms with van der Waals surface area (Å²) in [6, 6.07) is 0.737. The first kappa shape index (κ1) is 14.2. The number of rotatable bonds is 3. The molecule has 0 radical (unpaired) electrons. The number of likely N-dealkylation sites (tertiary alicyclic amines) is 1. The van der Waals surface area contributed by atoms with E-state index in [0.717, 1.165) is 19.1 Å². The van der Waals surface area contributed by atoms with E-state index >= 15 is 0 Å². The second-order valence-corrected chi connectivity index (χ2v) is 5.49. The van der Waals surface area contributed by atoms with Crippen LogP contribution in [0.2, 0.25) is 0 Å². The molecule has 0 amide bonds.